The molecule has 0 amide bonds. The van der Waals surface area contributed by atoms with Crippen LogP contribution in [-0.2, 0) is 4.79 Å². The minimum absolute atomic E-state index is 0.0690. The predicted octanol–water partition coefficient (Wildman–Crippen LogP) is 3.75. The number of hydrogen-bond donors (Lipinski definition) is 1. The van der Waals surface area contributed by atoms with Crippen molar-refractivity contribution >= 4 is 11.5 Å². The lowest BCUT2D eigenvalue weighted by molar-refractivity contribution is -0.113. The van der Waals surface area contributed by atoms with E-state index in [-0.39, 0.29) is 22.9 Å². The molecule has 0 aliphatic heterocycles. The Bertz CT molecular complexity index is 523. The van der Waals surface area contributed by atoms with Gasteiger partial charge in [-0.3, -0.25) is 4.79 Å². The number of rotatable bonds is 5. The van der Waals surface area contributed by atoms with Crippen molar-refractivity contribution in [3.05, 3.63) is 35.7 Å². The number of alkyl halides is 2. The molecule has 0 aromatic heterocycles. The SMILES string of the molecule is CC(=O)/C(N=Nc1cccc(OC(F)F)c1)=C(/C)O. The van der Waals surface area contributed by atoms with Crippen LogP contribution in [0.5, 0.6) is 5.75 Å². The molecule has 0 aliphatic rings. The molecule has 0 radical (unpaired) electrons. The number of ether oxygens (including phenoxy) is 1. The Morgan fingerprint density at radius 3 is 2.58 bits per heavy atom. The van der Waals surface area contributed by atoms with E-state index in [0.717, 1.165) is 0 Å². The van der Waals surface area contributed by atoms with Gasteiger partial charge in [-0.1, -0.05) is 6.07 Å². The van der Waals surface area contributed by atoms with Gasteiger partial charge in [0.15, 0.2) is 11.5 Å². The number of hydrogen-bond acceptors (Lipinski definition) is 5. The monoisotopic (exact) mass is 270 g/mol. The number of carbonyl (C=O) groups is 1. The number of benzene rings is 1. The van der Waals surface area contributed by atoms with Crippen LogP contribution in [0, 0.1) is 0 Å². The number of halogens is 2. The molecule has 0 heterocycles. The highest BCUT2D eigenvalue weighted by Crippen LogP contribution is 2.22. The molecule has 19 heavy (non-hydrogen) atoms. The molecular weight excluding hydrogens is 258 g/mol. The summed E-state index contributed by atoms with van der Waals surface area (Å²) in [5, 5.41) is 16.5. The number of nitrogens with zero attached hydrogens (tertiary/aromatic N) is 2. The summed E-state index contributed by atoms with van der Waals surface area (Å²) in [6.07, 6.45) is 0. The van der Waals surface area contributed by atoms with Crippen molar-refractivity contribution in [3.63, 3.8) is 0 Å². The Hall–Kier alpha value is -2.31. The summed E-state index contributed by atoms with van der Waals surface area (Å²) in [6, 6.07) is 5.52. The Labute approximate surface area is 108 Å². The predicted molar refractivity (Wildman–Crippen MR) is 63.6 cm³/mol. The number of aliphatic hydroxyl groups is 1. The number of ketones is 1. The van der Waals surface area contributed by atoms with E-state index in [2.05, 4.69) is 15.0 Å². The zero-order valence-corrected chi connectivity index (χ0v) is 10.3. The first-order chi connectivity index (χ1) is 8.90. The van der Waals surface area contributed by atoms with Crippen molar-refractivity contribution < 1.29 is 23.4 Å². The van der Waals surface area contributed by atoms with Gasteiger partial charge in [0.2, 0.25) is 0 Å². The lowest BCUT2D eigenvalue weighted by atomic mass is 10.3. The van der Waals surface area contributed by atoms with Gasteiger partial charge in [-0.15, -0.1) is 5.11 Å². The lowest BCUT2D eigenvalue weighted by Crippen LogP contribution is -2.01. The van der Waals surface area contributed by atoms with Gasteiger partial charge in [0, 0.05) is 13.0 Å². The molecule has 0 unspecified atom stereocenters. The standard InChI is InChI=1S/C12H12F2N2O3/c1-7(17)11(8(2)18)16-15-9-4-3-5-10(6-9)19-12(13)14/h3-6,12,17H,1-2H3/b11-7+,16-15?. The van der Waals surface area contributed by atoms with Gasteiger partial charge < -0.3 is 9.84 Å². The van der Waals surface area contributed by atoms with E-state index < -0.39 is 12.4 Å². The third-order valence-corrected chi connectivity index (χ3v) is 1.98. The minimum Gasteiger partial charge on any atom is -0.510 e. The molecule has 0 bridgehead atoms. The molecule has 0 saturated heterocycles. The van der Waals surface area contributed by atoms with Crippen LogP contribution < -0.4 is 4.74 Å². The number of allylic oxidation sites excluding steroid dienone is 2. The average Bonchev–Trinajstić information content (AvgIpc) is 2.27. The van der Waals surface area contributed by atoms with Crippen molar-refractivity contribution in [1.29, 1.82) is 0 Å². The van der Waals surface area contributed by atoms with Crippen LogP contribution in [0.4, 0.5) is 14.5 Å². The molecule has 1 rings (SSSR count). The highest BCUT2D eigenvalue weighted by molar-refractivity contribution is 5.93. The third-order valence-electron chi connectivity index (χ3n) is 1.98. The molecule has 1 aromatic rings. The van der Waals surface area contributed by atoms with Crippen LogP contribution >= 0.6 is 0 Å². The van der Waals surface area contributed by atoms with Gasteiger partial charge in [0.1, 0.15) is 11.5 Å². The maximum atomic E-state index is 12.0. The maximum absolute atomic E-state index is 12.0. The quantitative estimate of drug-likeness (QED) is 0.503. The minimum atomic E-state index is -2.93. The Balaban J connectivity index is 2.93. The zero-order valence-electron chi connectivity index (χ0n) is 10.3. The van der Waals surface area contributed by atoms with Gasteiger partial charge >= 0.3 is 6.61 Å². The second kappa shape index (κ2) is 6.58. The lowest BCUT2D eigenvalue weighted by Gasteiger charge is -2.03. The van der Waals surface area contributed by atoms with Crippen LogP contribution in [0.1, 0.15) is 13.8 Å². The highest BCUT2D eigenvalue weighted by Gasteiger charge is 2.07. The Kier molecular flexibility index (Phi) is 5.11. The molecule has 7 heteroatoms. The number of Topliss-reactive ketones (excluding diaryl/α,β-unsaturated/α-hetero) is 1. The summed E-state index contributed by atoms with van der Waals surface area (Å²) < 4.78 is 28.2. The van der Waals surface area contributed by atoms with Crippen LogP contribution in [0.2, 0.25) is 0 Å². The van der Waals surface area contributed by atoms with E-state index >= 15 is 0 Å². The molecule has 0 aliphatic carbocycles. The Morgan fingerprint density at radius 1 is 1.37 bits per heavy atom. The number of azo groups is 1. The fourth-order valence-electron chi connectivity index (χ4n) is 1.23. The van der Waals surface area contributed by atoms with Gasteiger partial charge in [0.25, 0.3) is 0 Å². The number of aliphatic hydroxyl groups excluding tert-OH is 1. The summed E-state index contributed by atoms with van der Waals surface area (Å²) in [5.41, 5.74) is 0.0262. The largest absolute Gasteiger partial charge is 0.510 e. The van der Waals surface area contributed by atoms with Gasteiger partial charge in [-0.25, -0.2) is 0 Å². The second-order valence-electron chi connectivity index (χ2n) is 3.57. The molecule has 102 valence electrons. The second-order valence-corrected chi connectivity index (χ2v) is 3.57. The highest BCUT2D eigenvalue weighted by atomic mass is 19.3. The number of carbonyl (C=O) groups excluding carboxylic acids is 1. The fraction of sp³-hybridized carbons (Fsp3) is 0.250. The summed E-state index contributed by atoms with van der Waals surface area (Å²) in [6.45, 7) is -0.407. The molecule has 0 atom stereocenters. The normalized spacial score (nSPS) is 12.7. The van der Waals surface area contributed by atoms with Crippen LogP contribution in [0.3, 0.4) is 0 Å². The van der Waals surface area contributed by atoms with Crippen molar-refractivity contribution in [2.45, 2.75) is 20.5 Å². The van der Waals surface area contributed by atoms with Crippen LogP contribution in [-0.4, -0.2) is 17.5 Å². The molecule has 1 N–H and O–H groups in total. The third kappa shape index (κ3) is 4.82. The van der Waals surface area contributed by atoms with Crippen molar-refractivity contribution in [2.75, 3.05) is 0 Å². The van der Waals surface area contributed by atoms with E-state index in [1.165, 1.54) is 38.1 Å². The van der Waals surface area contributed by atoms with E-state index in [1.807, 2.05) is 0 Å². The Morgan fingerprint density at radius 2 is 2.05 bits per heavy atom. The smallest absolute Gasteiger partial charge is 0.387 e. The van der Waals surface area contributed by atoms with Crippen LogP contribution in [0.15, 0.2) is 46.0 Å². The molecule has 0 fully saturated rings. The first-order valence-corrected chi connectivity index (χ1v) is 5.27. The zero-order chi connectivity index (χ0) is 14.4. The summed E-state index contributed by atoms with van der Waals surface area (Å²) in [5.74, 6) is -0.791. The average molecular weight is 270 g/mol. The fourth-order valence-corrected chi connectivity index (χ4v) is 1.23. The summed E-state index contributed by atoms with van der Waals surface area (Å²) in [7, 11) is 0. The van der Waals surface area contributed by atoms with Crippen molar-refractivity contribution in [1.82, 2.24) is 0 Å². The van der Waals surface area contributed by atoms with Crippen molar-refractivity contribution in [2.24, 2.45) is 10.2 Å². The molecule has 1 aromatic carbocycles. The summed E-state index contributed by atoms with van der Waals surface area (Å²) >= 11 is 0. The molecular formula is C12H12F2N2O3. The summed E-state index contributed by atoms with van der Waals surface area (Å²) in [4.78, 5) is 11.1. The van der Waals surface area contributed by atoms with Crippen molar-refractivity contribution in [3.8, 4) is 5.75 Å². The van der Waals surface area contributed by atoms with E-state index in [0.29, 0.717) is 0 Å². The molecule has 0 spiro atoms. The first-order valence-electron chi connectivity index (χ1n) is 5.27. The van der Waals surface area contributed by atoms with Gasteiger partial charge in [0.05, 0.1) is 5.69 Å². The van der Waals surface area contributed by atoms with E-state index in [1.54, 1.807) is 0 Å². The van der Waals surface area contributed by atoms with Gasteiger partial charge in [-0.05, 0) is 19.1 Å². The molecule has 5 nitrogen and oxygen atoms in total. The van der Waals surface area contributed by atoms with E-state index in [9.17, 15) is 18.7 Å². The molecule has 0 saturated carbocycles. The van der Waals surface area contributed by atoms with Gasteiger partial charge in [-0.2, -0.15) is 13.9 Å². The maximum Gasteiger partial charge on any atom is 0.387 e. The van der Waals surface area contributed by atoms with Crippen LogP contribution in [0.25, 0.3) is 0 Å². The first kappa shape index (κ1) is 14.7. The van der Waals surface area contributed by atoms with E-state index in [4.69, 9.17) is 0 Å². The topological polar surface area (TPSA) is 71.2 Å².